The van der Waals surface area contributed by atoms with E-state index in [9.17, 15) is 18.3 Å². The van der Waals surface area contributed by atoms with Crippen molar-refractivity contribution in [2.24, 2.45) is 0 Å². The molecule has 1 aliphatic carbocycles. The minimum Gasteiger partial charge on any atom is -0.379 e. The Morgan fingerprint density at radius 3 is 2.26 bits per heavy atom. The summed E-state index contributed by atoms with van der Waals surface area (Å²) in [5.74, 6) is 0. The molecule has 0 aromatic heterocycles. The predicted octanol–water partition coefficient (Wildman–Crippen LogP) is 5.01. The van der Waals surface area contributed by atoms with E-state index in [1.54, 1.807) is 12.1 Å². The number of aliphatic hydroxyl groups excluding tert-OH is 1. The number of benzene rings is 3. The fourth-order valence-corrected chi connectivity index (χ4v) is 3.45. The number of hydrogen-bond acceptors (Lipinski definition) is 1. The summed E-state index contributed by atoms with van der Waals surface area (Å²) in [7, 11) is 0. The van der Waals surface area contributed by atoms with Crippen molar-refractivity contribution in [1.82, 2.24) is 0 Å². The summed E-state index contributed by atoms with van der Waals surface area (Å²) in [4.78, 5) is 0. The number of hydrogen-bond donors (Lipinski definition) is 1. The van der Waals surface area contributed by atoms with Crippen LogP contribution < -0.4 is 0 Å². The average molecular weight is 314 g/mol. The summed E-state index contributed by atoms with van der Waals surface area (Å²) in [6.07, 6.45) is -6.56. The molecule has 4 heteroatoms. The van der Waals surface area contributed by atoms with Gasteiger partial charge in [-0.15, -0.1) is 0 Å². The second-order valence-electron chi connectivity index (χ2n) is 5.82. The van der Waals surface area contributed by atoms with Crippen LogP contribution in [0.2, 0.25) is 0 Å². The molecule has 0 bridgehead atoms. The fourth-order valence-electron chi connectivity index (χ4n) is 3.45. The molecule has 1 atom stereocenters. The zero-order valence-electron chi connectivity index (χ0n) is 12.1. The molecular weight excluding hydrogens is 301 g/mol. The summed E-state index contributed by atoms with van der Waals surface area (Å²) >= 11 is 0. The highest BCUT2D eigenvalue weighted by atomic mass is 19.4. The van der Waals surface area contributed by atoms with E-state index < -0.39 is 12.3 Å². The molecule has 0 radical (unpaired) electrons. The van der Waals surface area contributed by atoms with E-state index >= 15 is 0 Å². The maximum absolute atomic E-state index is 13.0. The standard InChI is InChI=1S/C19H13F3O/c20-19(21,22)18(23)16-10-12-9-11-5-1-2-6-13(11)17(12)15-8-4-3-7-14(15)16/h1-8,10,18,23H,9H2. The second-order valence-corrected chi connectivity index (χ2v) is 5.82. The van der Waals surface area contributed by atoms with Crippen LogP contribution >= 0.6 is 0 Å². The van der Waals surface area contributed by atoms with E-state index in [1.165, 1.54) is 6.07 Å². The van der Waals surface area contributed by atoms with Crippen molar-refractivity contribution in [2.75, 3.05) is 0 Å². The molecule has 1 nitrogen and oxygen atoms in total. The van der Waals surface area contributed by atoms with Crippen LogP contribution in [0.4, 0.5) is 13.2 Å². The molecule has 116 valence electrons. The number of alkyl halides is 3. The quantitative estimate of drug-likeness (QED) is 0.524. The van der Waals surface area contributed by atoms with E-state index in [0.717, 1.165) is 27.6 Å². The monoisotopic (exact) mass is 314 g/mol. The third kappa shape index (κ3) is 2.13. The SMILES string of the molecule is OC(c1cc2c(c3ccccc13)-c1ccccc1C2)C(F)(F)F. The minimum absolute atomic E-state index is 0.0698. The predicted molar refractivity (Wildman–Crippen MR) is 83.2 cm³/mol. The fraction of sp³-hybridized carbons (Fsp3) is 0.158. The zero-order chi connectivity index (χ0) is 16.2. The van der Waals surface area contributed by atoms with Gasteiger partial charge in [-0.3, -0.25) is 0 Å². The van der Waals surface area contributed by atoms with Crippen LogP contribution in [0.3, 0.4) is 0 Å². The first-order valence-corrected chi connectivity index (χ1v) is 7.34. The van der Waals surface area contributed by atoms with Crippen molar-refractivity contribution in [3.63, 3.8) is 0 Å². The Labute approximate surface area is 131 Å². The van der Waals surface area contributed by atoms with Crippen LogP contribution in [0.25, 0.3) is 21.9 Å². The Kier molecular flexibility index (Phi) is 3.00. The first-order valence-electron chi connectivity index (χ1n) is 7.34. The van der Waals surface area contributed by atoms with Crippen molar-refractivity contribution in [3.8, 4) is 11.1 Å². The minimum atomic E-state index is -4.68. The molecule has 3 aromatic carbocycles. The lowest BCUT2D eigenvalue weighted by atomic mass is 9.92. The van der Waals surface area contributed by atoms with E-state index in [2.05, 4.69) is 0 Å². The summed E-state index contributed by atoms with van der Waals surface area (Å²) in [5.41, 5.74) is 3.91. The van der Waals surface area contributed by atoms with Gasteiger partial charge in [0, 0.05) is 0 Å². The molecule has 0 saturated heterocycles. The van der Waals surface area contributed by atoms with Crippen molar-refractivity contribution in [2.45, 2.75) is 18.7 Å². The first-order chi connectivity index (χ1) is 11.0. The van der Waals surface area contributed by atoms with Crippen molar-refractivity contribution in [3.05, 3.63) is 71.3 Å². The number of halogens is 3. The van der Waals surface area contributed by atoms with Crippen LogP contribution in [0.15, 0.2) is 54.6 Å². The normalized spacial score (nSPS) is 14.6. The van der Waals surface area contributed by atoms with Crippen LogP contribution in [-0.4, -0.2) is 11.3 Å². The van der Waals surface area contributed by atoms with Gasteiger partial charge in [0.25, 0.3) is 0 Å². The van der Waals surface area contributed by atoms with Crippen molar-refractivity contribution >= 4 is 10.8 Å². The third-order valence-corrected chi connectivity index (χ3v) is 4.43. The van der Waals surface area contributed by atoms with Gasteiger partial charge in [-0.1, -0.05) is 54.6 Å². The first kappa shape index (κ1) is 14.3. The second kappa shape index (κ2) is 4.83. The Hall–Kier alpha value is -2.33. The highest BCUT2D eigenvalue weighted by Gasteiger charge is 2.41. The molecule has 0 fully saturated rings. The highest BCUT2D eigenvalue weighted by Crippen LogP contribution is 2.45. The molecule has 0 amide bonds. The van der Waals surface area contributed by atoms with Gasteiger partial charge in [0.1, 0.15) is 0 Å². The number of fused-ring (bicyclic) bond motifs is 5. The third-order valence-electron chi connectivity index (χ3n) is 4.43. The Morgan fingerprint density at radius 1 is 0.870 bits per heavy atom. The van der Waals surface area contributed by atoms with Gasteiger partial charge in [-0.25, -0.2) is 0 Å². The molecule has 4 rings (SSSR count). The zero-order valence-corrected chi connectivity index (χ0v) is 12.1. The van der Waals surface area contributed by atoms with Gasteiger partial charge in [-0.2, -0.15) is 13.2 Å². The van der Waals surface area contributed by atoms with Crippen LogP contribution in [-0.2, 0) is 6.42 Å². The Balaban J connectivity index is 2.05. The van der Waals surface area contributed by atoms with E-state index in [-0.39, 0.29) is 5.56 Å². The van der Waals surface area contributed by atoms with E-state index in [4.69, 9.17) is 0 Å². The lowest BCUT2D eigenvalue weighted by molar-refractivity contribution is -0.206. The smallest absolute Gasteiger partial charge is 0.379 e. The molecule has 3 aromatic rings. The lowest BCUT2D eigenvalue weighted by Gasteiger charge is -2.19. The highest BCUT2D eigenvalue weighted by molar-refractivity contribution is 6.02. The maximum atomic E-state index is 13.0. The number of rotatable bonds is 1. The summed E-state index contributed by atoms with van der Waals surface area (Å²) in [5, 5.41) is 11.0. The largest absolute Gasteiger partial charge is 0.418 e. The molecule has 0 saturated carbocycles. The number of aliphatic hydroxyl groups is 1. The molecule has 1 aliphatic rings. The van der Waals surface area contributed by atoms with Crippen LogP contribution in [0.5, 0.6) is 0 Å². The van der Waals surface area contributed by atoms with Gasteiger partial charge < -0.3 is 5.11 Å². The van der Waals surface area contributed by atoms with Gasteiger partial charge in [0.05, 0.1) is 0 Å². The van der Waals surface area contributed by atoms with Crippen LogP contribution in [0, 0.1) is 0 Å². The van der Waals surface area contributed by atoms with Gasteiger partial charge >= 0.3 is 6.18 Å². The molecule has 0 spiro atoms. The van der Waals surface area contributed by atoms with Gasteiger partial charge in [-0.05, 0) is 45.0 Å². The van der Waals surface area contributed by atoms with Crippen molar-refractivity contribution < 1.29 is 18.3 Å². The van der Waals surface area contributed by atoms with Crippen molar-refractivity contribution in [1.29, 1.82) is 0 Å². The van der Waals surface area contributed by atoms with Gasteiger partial charge in [0.2, 0.25) is 0 Å². The Morgan fingerprint density at radius 2 is 1.52 bits per heavy atom. The average Bonchev–Trinajstić information content (AvgIpc) is 2.91. The maximum Gasteiger partial charge on any atom is 0.418 e. The summed E-state index contributed by atoms with van der Waals surface area (Å²) in [6.45, 7) is 0. The molecule has 0 aliphatic heterocycles. The summed E-state index contributed by atoms with van der Waals surface area (Å²) in [6, 6.07) is 16.3. The summed E-state index contributed by atoms with van der Waals surface area (Å²) < 4.78 is 39.1. The molecule has 1 N–H and O–H groups in total. The topological polar surface area (TPSA) is 20.2 Å². The molecule has 1 unspecified atom stereocenters. The van der Waals surface area contributed by atoms with E-state index in [1.807, 2.05) is 36.4 Å². The Bertz CT molecular complexity index is 912. The van der Waals surface area contributed by atoms with Crippen LogP contribution in [0.1, 0.15) is 22.8 Å². The molecular formula is C19H13F3O. The molecule has 23 heavy (non-hydrogen) atoms. The van der Waals surface area contributed by atoms with Gasteiger partial charge in [0.15, 0.2) is 6.10 Å². The van der Waals surface area contributed by atoms with E-state index in [0.29, 0.717) is 11.8 Å². The lowest BCUT2D eigenvalue weighted by Crippen LogP contribution is -2.20. The molecule has 0 heterocycles.